The smallest absolute Gasteiger partial charge is 0.00772 e. The molecule has 0 spiro atoms. The fourth-order valence-corrected chi connectivity index (χ4v) is 2.00. The molecule has 0 amide bonds. The molecule has 0 heterocycles. The second kappa shape index (κ2) is 4.66. The first-order valence-corrected chi connectivity index (χ1v) is 5.09. The Morgan fingerprint density at radius 3 is 2.67 bits per heavy atom. The van der Waals surface area contributed by atoms with Gasteiger partial charge in [0.2, 0.25) is 0 Å². The Kier molecular flexibility index (Phi) is 3.80. The lowest BCUT2D eigenvalue weighted by Crippen LogP contribution is -2.10. The second-order valence-electron chi connectivity index (χ2n) is 4.10. The van der Waals surface area contributed by atoms with Crippen LogP contribution in [0.2, 0.25) is 0 Å². The minimum atomic E-state index is 0.859. The van der Waals surface area contributed by atoms with Gasteiger partial charge < -0.3 is 5.73 Å². The summed E-state index contributed by atoms with van der Waals surface area (Å²) >= 11 is 0. The van der Waals surface area contributed by atoms with E-state index in [0.717, 1.165) is 12.5 Å². The third-order valence-corrected chi connectivity index (χ3v) is 3.07. The van der Waals surface area contributed by atoms with E-state index in [1.807, 2.05) is 0 Å². The molecule has 1 aliphatic rings. The van der Waals surface area contributed by atoms with Gasteiger partial charge in [0.05, 0.1) is 0 Å². The van der Waals surface area contributed by atoms with Crippen molar-refractivity contribution in [3.05, 3.63) is 11.1 Å². The number of rotatable bonds is 3. The first-order chi connectivity index (χ1) is 5.74. The number of allylic oxidation sites excluding steroid dienone is 2. The molecule has 1 heteroatoms. The first-order valence-electron chi connectivity index (χ1n) is 5.09. The normalized spacial score (nSPS) is 24.8. The zero-order valence-electron chi connectivity index (χ0n) is 8.40. The van der Waals surface area contributed by atoms with Crippen LogP contribution in [0.5, 0.6) is 0 Å². The van der Waals surface area contributed by atoms with Gasteiger partial charge in [-0.25, -0.2) is 0 Å². The van der Waals surface area contributed by atoms with E-state index in [1.165, 1.54) is 32.1 Å². The fraction of sp³-hybridized carbons (Fsp3) is 0.818. The molecule has 2 N–H and O–H groups in total. The molecule has 0 saturated heterocycles. The molecule has 0 fully saturated rings. The molecular weight excluding hydrogens is 146 g/mol. The summed E-state index contributed by atoms with van der Waals surface area (Å²) in [5, 5.41) is 0. The zero-order chi connectivity index (χ0) is 8.97. The summed E-state index contributed by atoms with van der Waals surface area (Å²) in [6.07, 6.45) is 6.58. The molecule has 1 rings (SSSR count). The Balaban J connectivity index is 2.33. The Labute approximate surface area is 76.0 Å². The largest absolute Gasteiger partial charge is 0.330 e. The van der Waals surface area contributed by atoms with Gasteiger partial charge in [0.15, 0.2) is 0 Å². The van der Waals surface area contributed by atoms with Gasteiger partial charge in [-0.1, -0.05) is 11.1 Å². The van der Waals surface area contributed by atoms with Crippen molar-refractivity contribution >= 4 is 0 Å². The van der Waals surface area contributed by atoms with Crippen LogP contribution in [0.1, 0.15) is 46.0 Å². The molecule has 0 aromatic heterocycles. The minimum absolute atomic E-state index is 0.859. The molecular formula is C11H21N. The van der Waals surface area contributed by atoms with E-state index in [9.17, 15) is 0 Å². The standard InChI is InChI=1S/C11H21N/c1-9-5-6-11(4-3-7-12)8-10(9)2/h11H,3-8,12H2,1-2H3. The molecule has 1 unspecified atom stereocenters. The van der Waals surface area contributed by atoms with Gasteiger partial charge >= 0.3 is 0 Å². The van der Waals surface area contributed by atoms with Gasteiger partial charge in [0.25, 0.3) is 0 Å². The molecule has 1 aliphatic carbocycles. The van der Waals surface area contributed by atoms with Gasteiger partial charge in [0, 0.05) is 0 Å². The Bertz CT molecular complexity index is 170. The van der Waals surface area contributed by atoms with E-state index in [4.69, 9.17) is 5.73 Å². The first kappa shape index (κ1) is 9.79. The Morgan fingerprint density at radius 2 is 2.08 bits per heavy atom. The van der Waals surface area contributed by atoms with E-state index in [1.54, 1.807) is 11.1 Å². The van der Waals surface area contributed by atoms with Crippen LogP contribution in [0.15, 0.2) is 11.1 Å². The third kappa shape index (κ3) is 2.63. The summed E-state index contributed by atoms with van der Waals surface area (Å²) in [5.41, 5.74) is 8.75. The third-order valence-electron chi connectivity index (χ3n) is 3.07. The van der Waals surface area contributed by atoms with Crippen LogP contribution in [0.25, 0.3) is 0 Å². The highest BCUT2D eigenvalue weighted by Gasteiger charge is 2.15. The molecule has 0 bridgehead atoms. The van der Waals surface area contributed by atoms with E-state index in [0.29, 0.717) is 0 Å². The quantitative estimate of drug-likeness (QED) is 0.643. The average Bonchev–Trinajstić information content (AvgIpc) is 2.07. The van der Waals surface area contributed by atoms with E-state index in [-0.39, 0.29) is 0 Å². The molecule has 0 aromatic rings. The van der Waals surface area contributed by atoms with Crippen molar-refractivity contribution in [3.8, 4) is 0 Å². The van der Waals surface area contributed by atoms with Crippen molar-refractivity contribution in [1.82, 2.24) is 0 Å². The number of nitrogens with two attached hydrogens (primary N) is 1. The fourth-order valence-electron chi connectivity index (χ4n) is 2.00. The van der Waals surface area contributed by atoms with Crippen LogP contribution in [-0.4, -0.2) is 6.54 Å². The predicted molar refractivity (Wildman–Crippen MR) is 54.0 cm³/mol. The molecule has 1 atom stereocenters. The topological polar surface area (TPSA) is 26.0 Å². The van der Waals surface area contributed by atoms with Crippen molar-refractivity contribution in [2.45, 2.75) is 46.0 Å². The van der Waals surface area contributed by atoms with Gasteiger partial charge in [-0.15, -0.1) is 0 Å². The highest BCUT2D eigenvalue weighted by Crippen LogP contribution is 2.31. The molecule has 0 radical (unpaired) electrons. The van der Waals surface area contributed by atoms with Gasteiger partial charge in [0.1, 0.15) is 0 Å². The van der Waals surface area contributed by atoms with Crippen molar-refractivity contribution in [2.24, 2.45) is 11.7 Å². The maximum Gasteiger partial charge on any atom is -0.00772 e. The SMILES string of the molecule is CC1=C(C)CC(CCCN)CC1. The monoisotopic (exact) mass is 167 g/mol. The highest BCUT2D eigenvalue weighted by atomic mass is 14.5. The lowest BCUT2D eigenvalue weighted by Gasteiger charge is -2.23. The molecule has 0 aliphatic heterocycles. The number of hydrogen-bond donors (Lipinski definition) is 1. The molecule has 0 saturated carbocycles. The maximum absolute atomic E-state index is 5.50. The van der Waals surface area contributed by atoms with E-state index >= 15 is 0 Å². The summed E-state index contributed by atoms with van der Waals surface area (Å²) in [6, 6.07) is 0. The van der Waals surface area contributed by atoms with E-state index in [2.05, 4.69) is 13.8 Å². The van der Waals surface area contributed by atoms with Crippen LogP contribution in [0.3, 0.4) is 0 Å². The van der Waals surface area contributed by atoms with Crippen molar-refractivity contribution in [1.29, 1.82) is 0 Å². The molecule has 12 heavy (non-hydrogen) atoms. The zero-order valence-corrected chi connectivity index (χ0v) is 8.40. The second-order valence-corrected chi connectivity index (χ2v) is 4.10. The summed E-state index contributed by atoms with van der Waals surface area (Å²) in [6.45, 7) is 5.41. The summed E-state index contributed by atoms with van der Waals surface area (Å²) < 4.78 is 0. The van der Waals surface area contributed by atoms with Gasteiger partial charge in [-0.05, 0) is 58.4 Å². The van der Waals surface area contributed by atoms with Crippen molar-refractivity contribution in [3.63, 3.8) is 0 Å². The van der Waals surface area contributed by atoms with Crippen LogP contribution >= 0.6 is 0 Å². The van der Waals surface area contributed by atoms with E-state index < -0.39 is 0 Å². The summed E-state index contributed by atoms with van der Waals surface area (Å²) in [5.74, 6) is 0.928. The van der Waals surface area contributed by atoms with Crippen LogP contribution in [0.4, 0.5) is 0 Å². The number of hydrogen-bond acceptors (Lipinski definition) is 1. The lowest BCUT2D eigenvalue weighted by molar-refractivity contribution is 0.415. The molecule has 0 aromatic carbocycles. The summed E-state index contributed by atoms with van der Waals surface area (Å²) in [4.78, 5) is 0. The highest BCUT2D eigenvalue weighted by molar-refractivity contribution is 5.13. The van der Waals surface area contributed by atoms with Gasteiger partial charge in [-0.2, -0.15) is 0 Å². The van der Waals surface area contributed by atoms with Crippen molar-refractivity contribution < 1.29 is 0 Å². The Morgan fingerprint density at radius 1 is 1.33 bits per heavy atom. The Hall–Kier alpha value is -0.300. The average molecular weight is 167 g/mol. The lowest BCUT2D eigenvalue weighted by atomic mass is 9.83. The van der Waals surface area contributed by atoms with Crippen molar-refractivity contribution in [2.75, 3.05) is 6.54 Å². The van der Waals surface area contributed by atoms with Gasteiger partial charge in [-0.3, -0.25) is 0 Å². The predicted octanol–water partition coefficient (Wildman–Crippen LogP) is 2.86. The van der Waals surface area contributed by atoms with Crippen LogP contribution < -0.4 is 5.73 Å². The molecule has 70 valence electrons. The summed E-state index contributed by atoms with van der Waals surface area (Å²) in [7, 11) is 0. The molecule has 1 nitrogen and oxygen atoms in total. The maximum atomic E-state index is 5.50. The van der Waals surface area contributed by atoms with Crippen LogP contribution in [-0.2, 0) is 0 Å². The minimum Gasteiger partial charge on any atom is -0.330 e. The van der Waals surface area contributed by atoms with Crippen LogP contribution in [0, 0.1) is 5.92 Å².